The Bertz CT molecular complexity index is 323. The lowest BCUT2D eigenvalue weighted by Gasteiger charge is -2.10. The summed E-state index contributed by atoms with van der Waals surface area (Å²) >= 11 is 5.69. The normalized spacial score (nSPS) is 18.6. The maximum absolute atomic E-state index is 9.36. The molecule has 1 fully saturated rings. The highest BCUT2D eigenvalue weighted by Gasteiger charge is 2.29. The first-order valence-electron chi connectivity index (χ1n) is 4.42. The van der Waals surface area contributed by atoms with Crippen LogP contribution in [0, 0.1) is 5.92 Å². The minimum absolute atomic E-state index is 0.0585. The molecule has 2 rings (SSSR count). The molecule has 3 heteroatoms. The molecule has 1 aromatic rings. The lowest BCUT2D eigenvalue weighted by Crippen LogP contribution is -2.11. The molecule has 0 heterocycles. The van der Waals surface area contributed by atoms with E-state index in [1.807, 2.05) is 6.07 Å². The standard InChI is InChI=1S/C10H12ClNO/c11-8-4-3-7(5-9(8)13)10(12)6-1-2-6/h3-6,10,13H,1-2,12H2. The second-order valence-electron chi connectivity index (χ2n) is 3.57. The van der Waals surface area contributed by atoms with Gasteiger partial charge in [0.2, 0.25) is 0 Å². The van der Waals surface area contributed by atoms with Gasteiger partial charge in [-0.2, -0.15) is 0 Å². The lowest BCUT2D eigenvalue weighted by molar-refractivity contribution is 0.473. The van der Waals surface area contributed by atoms with Gasteiger partial charge < -0.3 is 10.8 Å². The van der Waals surface area contributed by atoms with E-state index in [0.717, 1.165) is 5.56 Å². The van der Waals surface area contributed by atoms with Crippen LogP contribution in [0.25, 0.3) is 0 Å². The lowest BCUT2D eigenvalue weighted by atomic mass is 10.0. The van der Waals surface area contributed by atoms with Crippen LogP contribution < -0.4 is 5.73 Å². The first-order valence-corrected chi connectivity index (χ1v) is 4.80. The van der Waals surface area contributed by atoms with Crippen molar-refractivity contribution in [3.05, 3.63) is 28.8 Å². The van der Waals surface area contributed by atoms with Gasteiger partial charge in [-0.25, -0.2) is 0 Å². The zero-order valence-corrected chi connectivity index (χ0v) is 7.96. The monoisotopic (exact) mass is 197 g/mol. The Hall–Kier alpha value is -0.730. The maximum Gasteiger partial charge on any atom is 0.134 e. The molecule has 1 unspecified atom stereocenters. The second-order valence-corrected chi connectivity index (χ2v) is 3.98. The van der Waals surface area contributed by atoms with Gasteiger partial charge in [0, 0.05) is 6.04 Å². The van der Waals surface area contributed by atoms with Crippen LogP contribution in [0.3, 0.4) is 0 Å². The van der Waals surface area contributed by atoms with Gasteiger partial charge in [0.25, 0.3) is 0 Å². The van der Waals surface area contributed by atoms with Crippen molar-refractivity contribution in [3.8, 4) is 5.75 Å². The summed E-state index contributed by atoms with van der Waals surface area (Å²) in [7, 11) is 0. The maximum atomic E-state index is 9.36. The van der Waals surface area contributed by atoms with E-state index in [0.29, 0.717) is 10.9 Å². The molecule has 1 aromatic carbocycles. The van der Waals surface area contributed by atoms with Gasteiger partial charge in [-0.15, -0.1) is 0 Å². The van der Waals surface area contributed by atoms with Crippen LogP contribution in [-0.2, 0) is 0 Å². The third kappa shape index (κ3) is 1.79. The van der Waals surface area contributed by atoms with Gasteiger partial charge in [0.15, 0.2) is 0 Å². The molecule has 2 nitrogen and oxygen atoms in total. The minimum atomic E-state index is 0.0585. The molecule has 1 aliphatic carbocycles. The molecule has 0 spiro atoms. The Morgan fingerprint density at radius 2 is 2.15 bits per heavy atom. The van der Waals surface area contributed by atoms with Crippen molar-refractivity contribution in [1.82, 2.24) is 0 Å². The molecular formula is C10H12ClNO. The van der Waals surface area contributed by atoms with Crippen LogP contribution in [0.2, 0.25) is 5.02 Å². The van der Waals surface area contributed by atoms with Crippen molar-refractivity contribution in [2.45, 2.75) is 18.9 Å². The van der Waals surface area contributed by atoms with Crippen molar-refractivity contribution >= 4 is 11.6 Å². The topological polar surface area (TPSA) is 46.2 Å². The molecule has 13 heavy (non-hydrogen) atoms. The zero-order valence-electron chi connectivity index (χ0n) is 7.20. The average Bonchev–Trinajstić information content (AvgIpc) is 2.91. The molecule has 70 valence electrons. The molecule has 3 N–H and O–H groups in total. The fraction of sp³-hybridized carbons (Fsp3) is 0.400. The van der Waals surface area contributed by atoms with Crippen molar-refractivity contribution in [3.63, 3.8) is 0 Å². The molecule has 0 aliphatic heterocycles. The third-order valence-electron chi connectivity index (χ3n) is 2.48. The van der Waals surface area contributed by atoms with Gasteiger partial charge in [0.1, 0.15) is 5.75 Å². The molecular weight excluding hydrogens is 186 g/mol. The highest BCUT2D eigenvalue weighted by atomic mass is 35.5. The number of aromatic hydroxyl groups is 1. The van der Waals surface area contributed by atoms with Gasteiger partial charge in [-0.3, -0.25) is 0 Å². The van der Waals surface area contributed by atoms with Crippen LogP contribution in [0.5, 0.6) is 5.75 Å². The van der Waals surface area contributed by atoms with E-state index in [9.17, 15) is 5.11 Å². The summed E-state index contributed by atoms with van der Waals surface area (Å²) in [5.41, 5.74) is 6.94. The minimum Gasteiger partial charge on any atom is -0.506 e. The van der Waals surface area contributed by atoms with E-state index in [4.69, 9.17) is 17.3 Å². The summed E-state index contributed by atoms with van der Waals surface area (Å²) in [5.74, 6) is 0.718. The van der Waals surface area contributed by atoms with Crippen LogP contribution in [-0.4, -0.2) is 5.11 Å². The molecule has 0 bridgehead atoms. The fourth-order valence-corrected chi connectivity index (χ4v) is 1.58. The Kier molecular flexibility index (Phi) is 2.18. The first-order chi connectivity index (χ1) is 6.18. The van der Waals surface area contributed by atoms with E-state index in [2.05, 4.69) is 0 Å². The van der Waals surface area contributed by atoms with Crippen molar-refractivity contribution in [1.29, 1.82) is 0 Å². The smallest absolute Gasteiger partial charge is 0.134 e. The van der Waals surface area contributed by atoms with E-state index in [1.165, 1.54) is 12.8 Å². The molecule has 1 saturated carbocycles. The number of rotatable bonds is 2. The molecule has 0 aromatic heterocycles. The average molecular weight is 198 g/mol. The largest absolute Gasteiger partial charge is 0.506 e. The van der Waals surface area contributed by atoms with Crippen LogP contribution in [0.15, 0.2) is 18.2 Å². The number of benzene rings is 1. The fourth-order valence-electron chi connectivity index (χ4n) is 1.46. The van der Waals surface area contributed by atoms with Crippen molar-refractivity contribution < 1.29 is 5.11 Å². The van der Waals surface area contributed by atoms with E-state index in [-0.39, 0.29) is 11.8 Å². The summed E-state index contributed by atoms with van der Waals surface area (Å²) in [6.45, 7) is 0. The van der Waals surface area contributed by atoms with Crippen molar-refractivity contribution in [2.24, 2.45) is 11.7 Å². The number of phenols is 1. The molecule has 0 amide bonds. The Labute approximate surface area is 82.3 Å². The van der Waals surface area contributed by atoms with Crippen LogP contribution in [0.1, 0.15) is 24.4 Å². The third-order valence-corrected chi connectivity index (χ3v) is 2.80. The highest BCUT2D eigenvalue weighted by Crippen LogP contribution is 2.40. The SMILES string of the molecule is NC(c1ccc(Cl)c(O)c1)C1CC1. The summed E-state index contributed by atoms with van der Waals surface area (Å²) in [4.78, 5) is 0. The predicted octanol–water partition coefficient (Wildman–Crippen LogP) is 2.46. The van der Waals surface area contributed by atoms with E-state index < -0.39 is 0 Å². The van der Waals surface area contributed by atoms with Crippen LogP contribution in [0.4, 0.5) is 0 Å². The molecule has 0 radical (unpaired) electrons. The number of nitrogens with two attached hydrogens (primary N) is 1. The molecule has 1 aliphatic rings. The number of halogens is 1. The van der Waals surface area contributed by atoms with Gasteiger partial charge in [-0.1, -0.05) is 17.7 Å². The first kappa shape index (κ1) is 8.85. The quantitative estimate of drug-likeness (QED) is 0.765. The number of hydrogen-bond acceptors (Lipinski definition) is 2. The van der Waals surface area contributed by atoms with E-state index >= 15 is 0 Å². The number of hydrogen-bond donors (Lipinski definition) is 2. The highest BCUT2D eigenvalue weighted by molar-refractivity contribution is 6.32. The predicted molar refractivity (Wildman–Crippen MR) is 52.8 cm³/mol. The summed E-state index contributed by atoms with van der Waals surface area (Å²) < 4.78 is 0. The molecule has 0 saturated heterocycles. The van der Waals surface area contributed by atoms with Crippen LogP contribution >= 0.6 is 11.6 Å². The Balaban J connectivity index is 2.24. The van der Waals surface area contributed by atoms with Gasteiger partial charge in [0.05, 0.1) is 5.02 Å². The zero-order chi connectivity index (χ0) is 9.42. The van der Waals surface area contributed by atoms with Gasteiger partial charge >= 0.3 is 0 Å². The Morgan fingerprint density at radius 3 is 2.69 bits per heavy atom. The summed E-state index contributed by atoms with van der Waals surface area (Å²) in [6.07, 6.45) is 2.40. The van der Waals surface area contributed by atoms with E-state index in [1.54, 1.807) is 12.1 Å². The number of phenolic OH excluding ortho intramolecular Hbond substituents is 1. The summed E-state index contributed by atoms with van der Waals surface area (Å²) in [6, 6.07) is 5.29. The molecule has 1 atom stereocenters. The van der Waals surface area contributed by atoms with Gasteiger partial charge in [-0.05, 0) is 36.5 Å². The second kappa shape index (κ2) is 3.20. The summed E-state index contributed by atoms with van der Waals surface area (Å²) in [5, 5.41) is 9.74. The van der Waals surface area contributed by atoms with Crippen molar-refractivity contribution in [2.75, 3.05) is 0 Å². The Morgan fingerprint density at radius 1 is 1.46 bits per heavy atom.